The number of fused-ring (bicyclic) bond motifs is 1. The van der Waals surface area contributed by atoms with Crippen molar-refractivity contribution in [3.63, 3.8) is 0 Å². The van der Waals surface area contributed by atoms with Gasteiger partial charge in [-0.1, -0.05) is 85.8 Å². The molecule has 3 heteroatoms. The number of rotatable bonds is 8. The van der Waals surface area contributed by atoms with E-state index < -0.39 is 0 Å². The minimum absolute atomic E-state index is 0.0322. The number of benzene rings is 3. The molecule has 0 aliphatic rings. The molecule has 0 saturated carbocycles. The molecule has 29 heavy (non-hydrogen) atoms. The molecule has 3 aromatic carbocycles. The molecule has 0 bridgehead atoms. The van der Waals surface area contributed by atoms with Crippen LogP contribution in [0.5, 0.6) is 0 Å². The van der Waals surface area contributed by atoms with Crippen molar-refractivity contribution in [1.82, 2.24) is 4.90 Å². The largest absolute Gasteiger partial charge is 0.445 e. The summed E-state index contributed by atoms with van der Waals surface area (Å²) in [7, 11) is 0. The number of ether oxygens (including phenoxy) is 1. The number of nitrogens with zero attached hydrogens (tertiary/aromatic N) is 1. The lowest BCUT2D eigenvalue weighted by molar-refractivity contribution is 0.0632. The van der Waals surface area contributed by atoms with Gasteiger partial charge in [0.1, 0.15) is 6.61 Å². The van der Waals surface area contributed by atoms with Crippen LogP contribution in [0.25, 0.3) is 10.8 Å². The molecule has 0 spiro atoms. The Labute approximate surface area is 173 Å². The zero-order valence-corrected chi connectivity index (χ0v) is 17.3. The Bertz CT molecular complexity index is 946. The molecule has 3 rings (SSSR count). The number of amides is 1. The van der Waals surface area contributed by atoms with Crippen LogP contribution in [0.2, 0.25) is 0 Å². The third-order valence-corrected chi connectivity index (χ3v) is 5.41. The van der Waals surface area contributed by atoms with E-state index in [1.807, 2.05) is 53.4 Å². The minimum Gasteiger partial charge on any atom is -0.445 e. The van der Waals surface area contributed by atoms with E-state index in [1.165, 1.54) is 5.39 Å². The van der Waals surface area contributed by atoms with Gasteiger partial charge in [-0.2, -0.15) is 0 Å². The van der Waals surface area contributed by atoms with Crippen molar-refractivity contribution >= 4 is 16.9 Å². The standard InChI is InChI=1S/C26H29NO2/c1-4-12-23(5-2)27(26(28)29-19-21-13-7-6-8-14-21)20(3)24-18-11-16-22-15-9-10-17-25(22)24/h4,6-11,13-18,20,23H,1,5,12,19H2,2-3H3/t20-,23+/m0/s1. The third-order valence-electron chi connectivity index (χ3n) is 5.41. The molecule has 0 N–H and O–H groups in total. The molecule has 2 atom stereocenters. The fourth-order valence-corrected chi connectivity index (χ4v) is 3.85. The topological polar surface area (TPSA) is 29.5 Å². The molecule has 0 saturated heterocycles. The molecule has 0 aromatic heterocycles. The van der Waals surface area contributed by atoms with Crippen LogP contribution in [-0.4, -0.2) is 17.0 Å². The molecule has 150 valence electrons. The Morgan fingerprint density at radius 1 is 1.03 bits per heavy atom. The fraction of sp³-hybridized carbons (Fsp3) is 0.269. The summed E-state index contributed by atoms with van der Waals surface area (Å²) in [6.07, 6.45) is 3.15. The average molecular weight is 388 g/mol. The Balaban J connectivity index is 1.91. The van der Waals surface area contributed by atoms with E-state index >= 15 is 0 Å². The van der Waals surface area contributed by atoms with Gasteiger partial charge in [0.2, 0.25) is 0 Å². The molecule has 1 amide bonds. The van der Waals surface area contributed by atoms with Crippen molar-refractivity contribution < 1.29 is 9.53 Å². The zero-order valence-electron chi connectivity index (χ0n) is 17.3. The fourth-order valence-electron chi connectivity index (χ4n) is 3.85. The van der Waals surface area contributed by atoms with Crippen LogP contribution in [0.1, 0.15) is 43.9 Å². The maximum absolute atomic E-state index is 13.2. The molecule has 0 fully saturated rings. The predicted molar refractivity (Wildman–Crippen MR) is 120 cm³/mol. The van der Waals surface area contributed by atoms with Gasteiger partial charge in [0.15, 0.2) is 0 Å². The van der Waals surface area contributed by atoms with Gasteiger partial charge in [-0.15, -0.1) is 6.58 Å². The number of hydrogen-bond donors (Lipinski definition) is 0. The second-order valence-electron chi connectivity index (χ2n) is 7.28. The molecule has 3 aromatic rings. The van der Waals surface area contributed by atoms with E-state index in [9.17, 15) is 4.79 Å². The summed E-state index contributed by atoms with van der Waals surface area (Å²) in [6, 6.07) is 24.3. The smallest absolute Gasteiger partial charge is 0.410 e. The Morgan fingerprint density at radius 3 is 2.45 bits per heavy atom. The van der Waals surface area contributed by atoms with Crippen LogP contribution < -0.4 is 0 Å². The highest BCUT2D eigenvalue weighted by molar-refractivity contribution is 5.86. The van der Waals surface area contributed by atoms with Crippen molar-refractivity contribution in [2.45, 2.75) is 45.4 Å². The van der Waals surface area contributed by atoms with E-state index in [0.29, 0.717) is 0 Å². The maximum atomic E-state index is 13.2. The quantitative estimate of drug-likeness (QED) is 0.394. The van der Waals surface area contributed by atoms with Crippen molar-refractivity contribution in [2.24, 2.45) is 0 Å². The van der Waals surface area contributed by atoms with Crippen LogP contribution >= 0.6 is 0 Å². The van der Waals surface area contributed by atoms with Crippen LogP contribution in [0.4, 0.5) is 4.79 Å². The van der Waals surface area contributed by atoms with Gasteiger partial charge in [0, 0.05) is 6.04 Å². The Hall–Kier alpha value is -3.07. The first kappa shape index (κ1) is 20.7. The summed E-state index contributed by atoms with van der Waals surface area (Å²) in [4.78, 5) is 15.1. The van der Waals surface area contributed by atoms with E-state index in [0.717, 1.165) is 29.4 Å². The van der Waals surface area contributed by atoms with Crippen LogP contribution in [0.3, 0.4) is 0 Å². The SMILES string of the molecule is C=CC[C@@H](CC)N(C(=O)OCc1ccccc1)[C@@H](C)c1cccc2ccccc12. The molecule has 0 unspecified atom stereocenters. The lowest BCUT2D eigenvalue weighted by Gasteiger charge is -2.35. The van der Waals surface area contributed by atoms with Crippen molar-refractivity contribution in [2.75, 3.05) is 0 Å². The van der Waals surface area contributed by atoms with Crippen molar-refractivity contribution in [3.8, 4) is 0 Å². The van der Waals surface area contributed by atoms with Gasteiger partial charge in [0.25, 0.3) is 0 Å². The van der Waals surface area contributed by atoms with Gasteiger partial charge in [0.05, 0.1) is 6.04 Å². The van der Waals surface area contributed by atoms with Crippen LogP contribution in [0, 0.1) is 0 Å². The number of carbonyl (C=O) groups is 1. The van der Waals surface area contributed by atoms with Gasteiger partial charge >= 0.3 is 6.09 Å². The maximum Gasteiger partial charge on any atom is 0.410 e. The number of carbonyl (C=O) groups excluding carboxylic acids is 1. The highest BCUT2D eigenvalue weighted by Gasteiger charge is 2.29. The third kappa shape index (κ3) is 4.86. The first-order valence-corrected chi connectivity index (χ1v) is 10.2. The van der Waals surface area contributed by atoms with Gasteiger partial charge in [-0.3, -0.25) is 4.90 Å². The molecular formula is C26H29NO2. The predicted octanol–water partition coefficient (Wildman–Crippen LogP) is 6.89. The van der Waals surface area contributed by atoms with Gasteiger partial charge in [-0.25, -0.2) is 4.79 Å². The summed E-state index contributed by atoms with van der Waals surface area (Å²) in [6.45, 7) is 8.33. The molecule has 0 aliphatic carbocycles. The second kappa shape index (κ2) is 9.92. The summed E-state index contributed by atoms with van der Waals surface area (Å²) >= 11 is 0. The van der Waals surface area contributed by atoms with Crippen LogP contribution in [0.15, 0.2) is 85.5 Å². The summed E-state index contributed by atoms with van der Waals surface area (Å²) < 4.78 is 5.73. The Kier molecular flexibility index (Phi) is 7.07. The summed E-state index contributed by atoms with van der Waals surface area (Å²) in [5.41, 5.74) is 2.11. The van der Waals surface area contributed by atoms with Crippen molar-refractivity contribution in [3.05, 3.63) is 96.6 Å². The molecule has 3 nitrogen and oxygen atoms in total. The highest BCUT2D eigenvalue weighted by Crippen LogP contribution is 2.31. The van der Waals surface area contributed by atoms with E-state index in [2.05, 4.69) is 50.8 Å². The minimum atomic E-state index is -0.289. The average Bonchev–Trinajstić information content (AvgIpc) is 2.77. The molecule has 0 heterocycles. The highest BCUT2D eigenvalue weighted by atomic mass is 16.6. The summed E-state index contributed by atoms with van der Waals surface area (Å²) in [5.74, 6) is 0. The Morgan fingerprint density at radius 2 is 1.72 bits per heavy atom. The van der Waals surface area contributed by atoms with E-state index in [-0.39, 0.29) is 24.8 Å². The van der Waals surface area contributed by atoms with E-state index in [1.54, 1.807) is 0 Å². The van der Waals surface area contributed by atoms with Gasteiger partial charge in [-0.05, 0) is 41.7 Å². The molecule has 0 aliphatic heterocycles. The van der Waals surface area contributed by atoms with Crippen LogP contribution in [-0.2, 0) is 11.3 Å². The van der Waals surface area contributed by atoms with Gasteiger partial charge < -0.3 is 4.74 Å². The molecule has 0 radical (unpaired) electrons. The normalized spacial score (nSPS) is 12.9. The lowest BCUT2D eigenvalue weighted by atomic mass is 9.97. The summed E-state index contributed by atoms with van der Waals surface area (Å²) in [5, 5.41) is 2.34. The zero-order chi connectivity index (χ0) is 20.6. The first-order chi connectivity index (χ1) is 14.2. The van der Waals surface area contributed by atoms with Crippen molar-refractivity contribution in [1.29, 1.82) is 0 Å². The first-order valence-electron chi connectivity index (χ1n) is 10.2. The monoisotopic (exact) mass is 387 g/mol. The lowest BCUT2D eigenvalue weighted by Crippen LogP contribution is -2.42. The second-order valence-corrected chi connectivity index (χ2v) is 7.28. The number of hydrogen-bond acceptors (Lipinski definition) is 2. The van der Waals surface area contributed by atoms with E-state index in [4.69, 9.17) is 4.74 Å². The molecular weight excluding hydrogens is 358 g/mol.